The summed E-state index contributed by atoms with van der Waals surface area (Å²) in [5.74, 6) is 0.685. The number of carbonyl (C=O) groups excluding carboxylic acids is 1. The topological polar surface area (TPSA) is 55.6 Å². The number of hydrogen-bond donors (Lipinski definition) is 1. The highest BCUT2D eigenvalue weighted by atomic mass is 16.6. The Balaban J connectivity index is 2.06. The van der Waals surface area contributed by atoms with E-state index in [9.17, 15) is 4.79 Å². The van der Waals surface area contributed by atoms with Crippen LogP contribution >= 0.6 is 0 Å². The van der Waals surface area contributed by atoms with Crippen molar-refractivity contribution in [3.05, 3.63) is 35.4 Å². The van der Waals surface area contributed by atoms with Crippen molar-refractivity contribution >= 4 is 6.09 Å². The van der Waals surface area contributed by atoms with E-state index in [0.717, 1.165) is 25.9 Å². The van der Waals surface area contributed by atoms with E-state index in [1.165, 1.54) is 11.1 Å². The summed E-state index contributed by atoms with van der Waals surface area (Å²) in [5.41, 5.74) is 8.14. The molecule has 0 aliphatic carbocycles. The number of ether oxygens (including phenoxy) is 1. The van der Waals surface area contributed by atoms with Crippen molar-refractivity contribution in [2.75, 3.05) is 19.6 Å². The molecule has 1 aliphatic heterocycles. The van der Waals surface area contributed by atoms with Crippen molar-refractivity contribution in [3.8, 4) is 0 Å². The van der Waals surface area contributed by atoms with Crippen molar-refractivity contribution in [1.29, 1.82) is 0 Å². The average molecular weight is 318 g/mol. The molecular weight excluding hydrogens is 288 g/mol. The molecule has 2 unspecified atom stereocenters. The Labute approximate surface area is 140 Å². The average Bonchev–Trinajstić information content (AvgIpc) is 2.48. The molecule has 0 aromatic heterocycles. The molecule has 1 heterocycles. The monoisotopic (exact) mass is 318 g/mol. The van der Waals surface area contributed by atoms with E-state index in [1.807, 2.05) is 25.7 Å². The number of benzene rings is 1. The van der Waals surface area contributed by atoms with Crippen molar-refractivity contribution in [2.45, 2.75) is 52.1 Å². The third kappa shape index (κ3) is 4.96. The van der Waals surface area contributed by atoms with Gasteiger partial charge in [0.15, 0.2) is 0 Å². The van der Waals surface area contributed by atoms with Crippen molar-refractivity contribution in [2.24, 2.45) is 11.7 Å². The molecule has 2 N–H and O–H groups in total. The minimum absolute atomic E-state index is 0.207. The normalized spacial score (nSPS) is 20.2. The summed E-state index contributed by atoms with van der Waals surface area (Å²) in [7, 11) is 0. The van der Waals surface area contributed by atoms with Gasteiger partial charge in [0, 0.05) is 19.0 Å². The van der Waals surface area contributed by atoms with E-state index in [-0.39, 0.29) is 6.09 Å². The van der Waals surface area contributed by atoms with Crippen LogP contribution < -0.4 is 5.73 Å². The van der Waals surface area contributed by atoms with E-state index in [2.05, 4.69) is 31.2 Å². The molecule has 1 aliphatic rings. The van der Waals surface area contributed by atoms with Crippen LogP contribution in [0.1, 0.15) is 50.7 Å². The first-order chi connectivity index (χ1) is 10.8. The molecule has 1 fully saturated rings. The van der Waals surface area contributed by atoms with Gasteiger partial charge in [0.2, 0.25) is 0 Å². The fourth-order valence-electron chi connectivity index (χ4n) is 3.25. The number of piperidine rings is 1. The summed E-state index contributed by atoms with van der Waals surface area (Å²) in [6.07, 6.45) is 1.91. The van der Waals surface area contributed by atoms with Crippen LogP contribution in [0, 0.1) is 12.8 Å². The molecule has 2 atom stereocenters. The number of rotatable bonds is 3. The molecule has 1 aromatic rings. The summed E-state index contributed by atoms with van der Waals surface area (Å²) in [6.45, 7) is 9.91. The molecule has 4 heteroatoms. The van der Waals surface area contributed by atoms with Crippen LogP contribution in [0.5, 0.6) is 0 Å². The Kier molecular flexibility index (Phi) is 5.69. The van der Waals surface area contributed by atoms with Crippen LogP contribution in [-0.2, 0) is 4.74 Å². The number of carbonyl (C=O) groups is 1. The summed E-state index contributed by atoms with van der Waals surface area (Å²) in [4.78, 5) is 14.2. The molecule has 0 radical (unpaired) electrons. The molecule has 2 rings (SSSR count). The van der Waals surface area contributed by atoms with Gasteiger partial charge >= 0.3 is 6.09 Å². The van der Waals surface area contributed by atoms with Crippen LogP contribution in [0.25, 0.3) is 0 Å². The molecule has 0 spiro atoms. The predicted molar refractivity (Wildman–Crippen MR) is 93.5 cm³/mol. The van der Waals surface area contributed by atoms with Gasteiger partial charge in [-0.05, 0) is 58.6 Å². The maximum Gasteiger partial charge on any atom is 0.410 e. The van der Waals surface area contributed by atoms with Crippen LogP contribution in [0.4, 0.5) is 4.79 Å². The second-order valence-electron chi connectivity index (χ2n) is 7.58. The summed E-state index contributed by atoms with van der Waals surface area (Å²) in [6, 6.07) is 8.59. The van der Waals surface area contributed by atoms with E-state index in [4.69, 9.17) is 10.5 Å². The Hall–Kier alpha value is -1.55. The lowest BCUT2D eigenvalue weighted by atomic mass is 9.81. The fourth-order valence-corrected chi connectivity index (χ4v) is 3.25. The summed E-state index contributed by atoms with van der Waals surface area (Å²) >= 11 is 0. The lowest BCUT2D eigenvalue weighted by Crippen LogP contribution is -2.44. The van der Waals surface area contributed by atoms with E-state index >= 15 is 0 Å². The molecule has 1 amide bonds. The van der Waals surface area contributed by atoms with Crippen LogP contribution in [0.2, 0.25) is 0 Å². The first-order valence-corrected chi connectivity index (χ1v) is 8.54. The SMILES string of the molecule is Cc1ccc(C(CN)C2CCCN(C(=O)OC(C)(C)C)C2)cc1. The van der Waals surface area contributed by atoms with Gasteiger partial charge in [-0.2, -0.15) is 0 Å². The Morgan fingerprint density at radius 3 is 2.57 bits per heavy atom. The zero-order chi connectivity index (χ0) is 17.0. The van der Waals surface area contributed by atoms with Gasteiger partial charge in [0.1, 0.15) is 5.60 Å². The smallest absolute Gasteiger partial charge is 0.410 e. The highest BCUT2D eigenvalue weighted by Gasteiger charge is 2.31. The van der Waals surface area contributed by atoms with Crippen LogP contribution in [0.15, 0.2) is 24.3 Å². The van der Waals surface area contributed by atoms with Crippen LogP contribution in [0.3, 0.4) is 0 Å². The van der Waals surface area contributed by atoms with Gasteiger partial charge < -0.3 is 15.4 Å². The third-order valence-corrected chi connectivity index (χ3v) is 4.44. The molecular formula is C19H30N2O2. The molecule has 4 nitrogen and oxygen atoms in total. The molecule has 128 valence electrons. The predicted octanol–water partition coefficient (Wildman–Crippen LogP) is 3.68. The molecule has 23 heavy (non-hydrogen) atoms. The second kappa shape index (κ2) is 7.35. The fraction of sp³-hybridized carbons (Fsp3) is 0.632. The first kappa shape index (κ1) is 17.8. The largest absolute Gasteiger partial charge is 0.444 e. The van der Waals surface area contributed by atoms with Gasteiger partial charge in [0.25, 0.3) is 0 Å². The summed E-state index contributed by atoms with van der Waals surface area (Å²) in [5, 5.41) is 0. The Morgan fingerprint density at radius 1 is 1.35 bits per heavy atom. The zero-order valence-electron chi connectivity index (χ0n) is 14.8. The van der Waals surface area contributed by atoms with Crippen LogP contribution in [-0.4, -0.2) is 36.2 Å². The summed E-state index contributed by atoms with van der Waals surface area (Å²) < 4.78 is 5.52. The van der Waals surface area contributed by atoms with Crippen molar-refractivity contribution in [3.63, 3.8) is 0 Å². The highest BCUT2D eigenvalue weighted by molar-refractivity contribution is 5.68. The van der Waals surface area contributed by atoms with E-state index in [1.54, 1.807) is 0 Å². The number of nitrogens with two attached hydrogens (primary N) is 1. The molecule has 0 bridgehead atoms. The standard InChI is InChI=1S/C19H30N2O2/c1-14-7-9-15(10-8-14)17(12-20)16-6-5-11-21(13-16)18(22)23-19(2,3)4/h7-10,16-17H,5-6,11-13,20H2,1-4H3. The Bertz CT molecular complexity index is 519. The van der Waals surface area contributed by atoms with Gasteiger partial charge in [-0.15, -0.1) is 0 Å². The molecule has 1 aromatic carbocycles. The van der Waals surface area contributed by atoms with Crippen molar-refractivity contribution in [1.82, 2.24) is 4.90 Å². The van der Waals surface area contributed by atoms with Gasteiger partial charge in [-0.25, -0.2) is 4.79 Å². The zero-order valence-corrected chi connectivity index (χ0v) is 14.8. The van der Waals surface area contributed by atoms with Gasteiger partial charge in [-0.1, -0.05) is 29.8 Å². The van der Waals surface area contributed by atoms with E-state index < -0.39 is 5.60 Å². The molecule has 1 saturated heterocycles. The first-order valence-electron chi connectivity index (χ1n) is 8.54. The maximum absolute atomic E-state index is 12.3. The lowest BCUT2D eigenvalue weighted by Gasteiger charge is -2.37. The number of likely N-dealkylation sites (tertiary alicyclic amines) is 1. The van der Waals surface area contributed by atoms with Gasteiger partial charge in [-0.3, -0.25) is 0 Å². The van der Waals surface area contributed by atoms with E-state index in [0.29, 0.717) is 18.4 Å². The number of hydrogen-bond acceptors (Lipinski definition) is 3. The highest BCUT2D eigenvalue weighted by Crippen LogP contribution is 2.31. The third-order valence-electron chi connectivity index (χ3n) is 4.44. The number of amides is 1. The number of nitrogens with zero attached hydrogens (tertiary/aromatic N) is 1. The lowest BCUT2D eigenvalue weighted by molar-refractivity contribution is 0.0152. The molecule has 0 saturated carbocycles. The Morgan fingerprint density at radius 2 is 2.00 bits per heavy atom. The second-order valence-corrected chi connectivity index (χ2v) is 7.58. The quantitative estimate of drug-likeness (QED) is 0.925. The van der Waals surface area contributed by atoms with Crippen molar-refractivity contribution < 1.29 is 9.53 Å². The number of aryl methyl sites for hydroxylation is 1. The van der Waals surface area contributed by atoms with Gasteiger partial charge in [0.05, 0.1) is 0 Å². The maximum atomic E-state index is 12.3. The minimum Gasteiger partial charge on any atom is -0.444 e. The minimum atomic E-state index is -0.450.